The first kappa shape index (κ1) is 17.5. The molecule has 1 atom stereocenters. The second-order valence-corrected chi connectivity index (χ2v) is 5.15. The zero-order chi connectivity index (χ0) is 15.9. The Labute approximate surface area is 123 Å². The lowest BCUT2D eigenvalue weighted by molar-refractivity contribution is -0.139. The lowest BCUT2D eigenvalue weighted by atomic mass is 10.1. The first-order chi connectivity index (χ1) is 9.88. The molecule has 1 unspecified atom stereocenters. The fourth-order valence-corrected chi connectivity index (χ4v) is 2.08. The smallest absolute Gasteiger partial charge is 0.419 e. The molecule has 0 fully saturated rings. The number of ether oxygens (including phenoxy) is 1. The van der Waals surface area contributed by atoms with E-state index in [1.165, 1.54) is 12.1 Å². The Morgan fingerprint density at radius 3 is 2.52 bits per heavy atom. The summed E-state index contributed by atoms with van der Waals surface area (Å²) in [5.74, 6) is -0.212. The molecule has 5 heteroatoms. The average Bonchev–Trinajstić information content (AvgIpc) is 2.43. The van der Waals surface area contributed by atoms with E-state index in [4.69, 9.17) is 4.74 Å². The van der Waals surface area contributed by atoms with Crippen LogP contribution >= 0.6 is 0 Å². The number of halogens is 3. The van der Waals surface area contributed by atoms with Crippen LogP contribution in [0.5, 0.6) is 5.75 Å². The summed E-state index contributed by atoms with van der Waals surface area (Å²) >= 11 is 0. The standard InChI is InChI=1S/C16H21F3O2/c1-3-4-5-6-7-12(2)21-15-9-8-13(11-20)10-14(15)16(17,18)19/h8-12H,3-7H2,1-2H3. The van der Waals surface area contributed by atoms with Gasteiger partial charge in [0.2, 0.25) is 0 Å². The van der Waals surface area contributed by atoms with Gasteiger partial charge in [0.05, 0.1) is 11.7 Å². The molecule has 1 aromatic carbocycles. The zero-order valence-corrected chi connectivity index (χ0v) is 12.4. The number of benzene rings is 1. The average molecular weight is 302 g/mol. The van der Waals surface area contributed by atoms with Crippen LogP contribution in [0.2, 0.25) is 0 Å². The predicted octanol–water partition coefficient (Wildman–Crippen LogP) is 5.26. The molecule has 0 saturated carbocycles. The van der Waals surface area contributed by atoms with Crippen molar-refractivity contribution in [3.8, 4) is 5.75 Å². The van der Waals surface area contributed by atoms with Crippen molar-refractivity contribution in [2.45, 2.75) is 58.2 Å². The van der Waals surface area contributed by atoms with Crippen LogP contribution in [0.1, 0.15) is 61.9 Å². The van der Waals surface area contributed by atoms with Gasteiger partial charge >= 0.3 is 6.18 Å². The number of carbonyl (C=O) groups excluding carboxylic acids is 1. The zero-order valence-electron chi connectivity index (χ0n) is 12.4. The van der Waals surface area contributed by atoms with Gasteiger partial charge < -0.3 is 4.74 Å². The van der Waals surface area contributed by atoms with E-state index < -0.39 is 11.7 Å². The van der Waals surface area contributed by atoms with Crippen LogP contribution in [-0.2, 0) is 6.18 Å². The third kappa shape index (κ3) is 5.78. The molecule has 0 N–H and O–H groups in total. The van der Waals surface area contributed by atoms with Gasteiger partial charge in [0.25, 0.3) is 0 Å². The van der Waals surface area contributed by atoms with E-state index in [-0.39, 0.29) is 17.4 Å². The fourth-order valence-electron chi connectivity index (χ4n) is 2.08. The third-order valence-electron chi connectivity index (χ3n) is 3.24. The van der Waals surface area contributed by atoms with E-state index in [1.807, 2.05) is 0 Å². The van der Waals surface area contributed by atoms with Crippen LogP contribution < -0.4 is 4.74 Å². The third-order valence-corrected chi connectivity index (χ3v) is 3.24. The van der Waals surface area contributed by atoms with Gasteiger partial charge in [0.15, 0.2) is 0 Å². The molecule has 0 aromatic heterocycles. The topological polar surface area (TPSA) is 26.3 Å². The second kappa shape index (κ2) is 8.05. The molecule has 0 radical (unpaired) electrons. The van der Waals surface area contributed by atoms with Gasteiger partial charge in [-0.05, 0) is 38.0 Å². The van der Waals surface area contributed by atoms with Crippen LogP contribution in [0.3, 0.4) is 0 Å². The van der Waals surface area contributed by atoms with E-state index >= 15 is 0 Å². The molecule has 2 nitrogen and oxygen atoms in total. The molecule has 0 heterocycles. The maximum Gasteiger partial charge on any atom is 0.419 e. The first-order valence-corrected chi connectivity index (χ1v) is 7.21. The van der Waals surface area contributed by atoms with Gasteiger partial charge in [-0.3, -0.25) is 4.79 Å². The summed E-state index contributed by atoms with van der Waals surface area (Å²) in [5.41, 5.74) is -0.905. The fraction of sp³-hybridized carbons (Fsp3) is 0.562. The molecule has 21 heavy (non-hydrogen) atoms. The van der Waals surface area contributed by atoms with Crippen molar-refractivity contribution in [2.24, 2.45) is 0 Å². The first-order valence-electron chi connectivity index (χ1n) is 7.21. The monoisotopic (exact) mass is 302 g/mol. The molecule has 0 spiro atoms. The van der Waals surface area contributed by atoms with E-state index in [0.29, 0.717) is 12.7 Å². The Morgan fingerprint density at radius 2 is 1.95 bits per heavy atom. The molecule has 118 valence electrons. The van der Waals surface area contributed by atoms with Gasteiger partial charge in [-0.2, -0.15) is 13.2 Å². The minimum Gasteiger partial charge on any atom is -0.490 e. The molecule has 0 saturated heterocycles. The quantitative estimate of drug-likeness (QED) is 0.484. The highest BCUT2D eigenvalue weighted by molar-refractivity contribution is 5.75. The molecule has 0 aliphatic rings. The van der Waals surface area contributed by atoms with Crippen molar-refractivity contribution in [2.75, 3.05) is 0 Å². The van der Waals surface area contributed by atoms with Crippen LogP contribution in [0.4, 0.5) is 13.2 Å². The molecule has 0 amide bonds. The van der Waals surface area contributed by atoms with Gasteiger partial charge in [-0.15, -0.1) is 0 Å². The van der Waals surface area contributed by atoms with Gasteiger partial charge in [0, 0.05) is 5.56 Å². The van der Waals surface area contributed by atoms with E-state index in [2.05, 4.69) is 6.92 Å². The number of rotatable bonds is 8. The van der Waals surface area contributed by atoms with Crippen molar-refractivity contribution in [1.82, 2.24) is 0 Å². The molecule has 1 aromatic rings. The number of unbranched alkanes of at least 4 members (excludes halogenated alkanes) is 3. The summed E-state index contributed by atoms with van der Waals surface area (Å²) in [7, 11) is 0. The highest BCUT2D eigenvalue weighted by Gasteiger charge is 2.35. The normalized spacial score (nSPS) is 13.0. The van der Waals surface area contributed by atoms with Crippen LogP contribution in [-0.4, -0.2) is 12.4 Å². The highest BCUT2D eigenvalue weighted by Crippen LogP contribution is 2.37. The van der Waals surface area contributed by atoms with Crippen molar-refractivity contribution >= 4 is 6.29 Å². The van der Waals surface area contributed by atoms with E-state index in [1.54, 1.807) is 6.92 Å². The van der Waals surface area contributed by atoms with Crippen molar-refractivity contribution in [3.05, 3.63) is 29.3 Å². The molecular formula is C16H21F3O2. The van der Waals surface area contributed by atoms with Crippen molar-refractivity contribution in [3.63, 3.8) is 0 Å². The number of aldehydes is 1. The van der Waals surface area contributed by atoms with E-state index in [0.717, 1.165) is 31.7 Å². The summed E-state index contributed by atoms with van der Waals surface area (Å²) in [5, 5.41) is 0. The Morgan fingerprint density at radius 1 is 1.24 bits per heavy atom. The maximum atomic E-state index is 13.0. The predicted molar refractivity (Wildman–Crippen MR) is 75.7 cm³/mol. The molecule has 0 aliphatic carbocycles. The lowest BCUT2D eigenvalue weighted by Gasteiger charge is -2.19. The lowest BCUT2D eigenvalue weighted by Crippen LogP contribution is -2.16. The Hall–Kier alpha value is -1.52. The molecule has 0 aliphatic heterocycles. The summed E-state index contributed by atoms with van der Waals surface area (Å²) in [6, 6.07) is 3.38. The van der Waals surface area contributed by atoms with Crippen molar-refractivity contribution < 1.29 is 22.7 Å². The van der Waals surface area contributed by atoms with Crippen LogP contribution in [0.15, 0.2) is 18.2 Å². The minimum absolute atomic E-state index is 0.00901. The van der Waals surface area contributed by atoms with Gasteiger partial charge in [-0.25, -0.2) is 0 Å². The Balaban J connectivity index is 2.75. The largest absolute Gasteiger partial charge is 0.490 e. The summed E-state index contributed by atoms with van der Waals surface area (Å²) < 4.78 is 44.3. The molecular weight excluding hydrogens is 281 g/mol. The number of alkyl halides is 3. The number of hydrogen-bond donors (Lipinski definition) is 0. The minimum atomic E-state index is -4.53. The Kier molecular flexibility index (Phi) is 6.72. The second-order valence-electron chi connectivity index (χ2n) is 5.15. The number of hydrogen-bond acceptors (Lipinski definition) is 2. The molecule has 1 rings (SSSR count). The molecule has 0 bridgehead atoms. The van der Waals surface area contributed by atoms with Crippen LogP contribution in [0, 0.1) is 0 Å². The maximum absolute atomic E-state index is 13.0. The van der Waals surface area contributed by atoms with E-state index in [9.17, 15) is 18.0 Å². The Bertz CT molecular complexity index is 455. The summed E-state index contributed by atoms with van der Waals surface area (Å²) in [6.45, 7) is 3.86. The SMILES string of the molecule is CCCCCCC(C)Oc1ccc(C=O)cc1C(F)(F)F. The van der Waals surface area contributed by atoms with Crippen molar-refractivity contribution in [1.29, 1.82) is 0 Å². The van der Waals surface area contributed by atoms with Gasteiger partial charge in [-0.1, -0.05) is 26.2 Å². The highest BCUT2D eigenvalue weighted by atomic mass is 19.4. The summed E-state index contributed by atoms with van der Waals surface area (Å²) in [6.07, 6.45) is 0.513. The van der Waals surface area contributed by atoms with Crippen LogP contribution in [0.25, 0.3) is 0 Å². The summed E-state index contributed by atoms with van der Waals surface area (Å²) in [4.78, 5) is 10.6. The number of carbonyl (C=O) groups is 1. The van der Waals surface area contributed by atoms with Gasteiger partial charge in [0.1, 0.15) is 12.0 Å².